The number of unbranched alkanes of at least 4 members (excludes halogenated alkanes) is 1. The molecule has 0 aliphatic rings. The van der Waals surface area contributed by atoms with Gasteiger partial charge < -0.3 is 9.84 Å². The number of aromatic carboxylic acids is 1. The Morgan fingerprint density at radius 2 is 1.95 bits per heavy atom. The Hall–Kier alpha value is -2.37. The molecule has 0 aliphatic heterocycles. The van der Waals surface area contributed by atoms with Crippen LogP contribution < -0.4 is 4.74 Å². The van der Waals surface area contributed by atoms with Crippen LogP contribution in [-0.2, 0) is 6.54 Å². The lowest BCUT2D eigenvalue weighted by atomic mass is 10.2. The van der Waals surface area contributed by atoms with Gasteiger partial charge in [0.1, 0.15) is 5.75 Å². The Bertz CT molecular complexity index is 605. The van der Waals surface area contributed by atoms with Gasteiger partial charge in [-0.15, -0.1) is 5.10 Å². The molecule has 1 aromatic heterocycles. The van der Waals surface area contributed by atoms with Gasteiger partial charge in [-0.1, -0.05) is 22.9 Å². The van der Waals surface area contributed by atoms with E-state index < -0.39 is 5.97 Å². The molecule has 0 bridgehead atoms. The largest absolute Gasteiger partial charge is 0.494 e. The molecule has 1 aromatic carbocycles. The molecule has 0 fully saturated rings. The first-order valence-corrected chi connectivity index (χ1v) is 6.91. The normalized spacial score (nSPS) is 10.6. The first kappa shape index (κ1) is 15.0. The molecule has 6 heteroatoms. The molecule has 0 spiro atoms. The average Bonchev–Trinajstić information content (AvgIpc) is 2.82. The van der Waals surface area contributed by atoms with Gasteiger partial charge in [0.2, 0.25) is 0 Å². The predicted molar refractivity (Wildman–Crippen MR) is 77.6 cm³/mol. The molecule has 0 saturated carbocycles. The van der Waals surface area contributed by atoms with E-state index in [2.05, 4.69) is 10.3 Å². The number of aryl methyl sites for hydroxylation is 2. The van der Waals surface area contributed by atoms with Gasteiger partial charge in [-0.05, 0) is 38.8 Å². The zero-order valence-corrected chi connectivity index (χ0v) is 12.2. The molecule has 0 radical (unpaired) electrons. The number of rotatable bonds is 7. The summed E-state index contributed by atoms with van der Waals surface area (Å²) in [5, 5.41) is 16.4. The molecule has 0 unspecified atom stereocenters. The number of carbonyl (C=O) groups is 1. The van der Waals surface area contributed by atoms with E-state index in [-0.39, 0.29) is 5.69 Å². The molecule has 0 aliphatic carbocycles. The Balaban J connectivity index is 1.72. The minimum atomic E-state index is -1.04. The summed E-state index contributed by atoms with van der Waals surface area (Å²) in [4.78, 5) is 10.9. The van der Waals surface area contributed by atoms with Crippen molar-refractivity contribution in [3.63, 3.8) is 0 Å². The SMILES string of the molecule is Cc1ccc(OCCCCn2nnc(C(=O)O)c2C)cc1. The van der Waals surface area contributed by atoms with E-state index in [1.165, 1.54) is 5.56 Å². The number of carboxylic acids is 1. The summed E-state index contributed by atoms with van der Waals surface area (Å²) in [5.41, 5.74) is 1.81. The van der Waals surface area contributed by atoms with Crippen LogP contribution in [0.2, 0.25) is 0 Å². The highest BCUT2D eigenvalue weighted by atomic mass is 16.5. The summed E-state index contributed by atoms with van der Waals surface area (Å²) in [7, 11) is 0. The van der Waals surface area contributed by atoms with Crippen molar-refractivity contribution in [2.75, 3.05) is 6.61 Å². The average molecular weight is 289 g/mol. The number of hydrogen-bond donors (Lipinski definition) is 1. The predicted octanol–water partition coefficient (Wildman–Crippen LogP) is 2.45. The van der Waals surface area contributed by atoms with Crippen LogP contribution in [0.1, 0.15) is 34.6 Å². The second-order valence-corrected chi connectivity index (χ2v) is 4.92. The van der Waals surface area contributed by atoms with E-state index >= 15 is 0 Å². The fourth-order valence-electron chi connectivity index (χ4n) is 1.96. The van der Waals surface area contributed by atoms with E-state index in [0.717, 1.165) is 18.6 Å². The van der Waals surface area contributed by atoms with Crippen molar-refractivity contribution in [1.82, 2.24) is 15.0 Å². The van der Waals surface area contributed by atoms with Crippen molar-refractivity contribution in [2.45, 2.75) is 33.2 Å². The standard InChI is InChI=1S/C15H19N3O3/c1-11-5-7-13(8-6-11)21-10-4-3-9-18-12(2)14(15(19)20)16-17-18/h5-8H,3-4,9-10H2,1-2H3,(H,19,20). The fourth-order valence-corrected chi connectivity index (χ4v) is 1.96. The molecule has 2 rings (SSSR count). The minimum Gasteiger partial charge on any atom is -0.494 e. The van der Waals surface area contributed by atoms with E-state index in [1.54, 1.807) is 11.6 Å². The highest BCUT2D eigenvalue weighted by Crippen LogP contribution is 2.12. The van der Waals surface area contributed by atoms with Gasteiger partial charge in [-0.2, -0.15) is 0 Å². The zero-order chi connectivity index (χ0) is 15.2. The van der Waals surface area contributed by atoms with Crippen LogP contribution in [0, 0.1) is 13.8 Å². The quantitative estimate of drug-likeness (QED) is 0.792. The molecular weight excluding hydrogens is 270 g/mol. The number of hydrogen-bond acceptors (Lipinski definition) is 4. The van der Waals surface area contributed by atoms with Gasteiger partial charge >= 0.3 is 5.97 Å². The summed E-state index contributed by atoms with van der Waals surface area (Å²) in [6.45, 7) is 5.02. The molecule has 112 valence electrons. The molecule has 1 N–H and O–H groups in total. The number of nitrogens with zero attached hydrogens (tertiary/aromatic N) is 3. The van der Waals surface area contributed by atoms with Gasteiger partial charge in [0, 0.05) is 6.54 Å². The molecular formula is C15H19N3O3. The number of benzene rings is 1. The summed E-state index contributed by atoms with van der Waals surface area (Å²) in [5.74, 6) is -0.174. The molecule has 2 aromatic rings. The van der Waals surface area contributed by atoms with Crippen LogP contribution in [0.25, 0.3) is 0 Å². The maximum Gasteiger partial charge on any atom is 0.358 e. The second-order valence-electron chi connectivity index (χ2n) is 4.92. The lowest BCUT2D eigenvalue weighted by molar-refractivity contribution is 0.0689. The fraction of sp³-hybridized carbons (Fsp3) is 0.400. The van der Waals surface area contributed by atoms with E-state index in [0.29, 0.717) is 18.8 Å². The maximum absolute atomic E-state index is 10.9. The Morgan fingerprint density at radius 1 is 1.24 bits per heavy atom. The highest BCUT2D eigenvalue weighted by Gasteiger charge is 2.14. The van der Waals surface area contributed by atoms with Gasteiger partial charge in [-0.25, -0.2) is 9.48 Å². The maximum atomic E-state index is 10.9. The van der Waals surface area contributed by atoms with Gasteiger partial charge in [0.15, 0.2) is 5.69 Å². The third kappa shape index (κ3) is 4.05. The van der Waals surface area contributed by atoms with Gasteiger partial charge in [0.05, 0.1) is 12.3 Å². The van der Waals surface area contributed by atoms with Gasteiger partial charge in [0.25, 0.3) is 0 Å². The summed E-state index contributed by atoms with van der Waals surface area (Å²) < 4.78 is 7.25. The van der Waals surface area contributed by atoms with E-state index in [1.807, 2.05) is 31.2 Å². The smallest absolute Gasteiger partial charge is 0.358 e. The van der Waals surface area contributed by atoms with Crippen molar-refractivity contribution < 1.29 is 14.6 Å². The van der Waals surface area contributed by atoms with Crippen LogP contribution >= 0.6 is 0 Å². The Labute approximate surface area is 123 Å². The number of ether oxygens (including phenoxy) is 1. The lowest BCUT2D eigenvalue weighted by Gasteiger charge is -2.07. The summed E-state index contributed by atoms with van der Waals surface area (Å²) in [6, 6.07) is 7.94. The van der Waals surface area contributed by atoms with Gasteiger partial charge in [-0.3, -0.25) is 0 Å². The van der Waals surface area contributed by atoms with Crippen molar-refractivity contribution in [3.8, 4) is 5.75 Å². The van der Waals surface area contributed by atoms with Crippen molar-refractivity contribution in [3.05, 3.63) is 41.2 Å². The van der Waals surface area contributed by atoms with Crippen LogP contribution in [0.15, 0.2) is 24.3 Å². The lowest BCUT2D eigenvalue weighted by Crippen LogP contribution is -2.06. The molecule has 0 atom stereocenters. The summed E-state index contributed by atoms with van der Waals surface area (Å²) in [6.07, 6.45) is 1.73. The van der Waals surface area contributed by atoms with Crippen molar-refractivity contribution in [1.29, 1.82) is 0 Å². The van der Waals surface area contributed by atoms with Crippen LogP contribution in [0.4, 0.5) is 0 Å². The molecule has 0 amide bonds. The topological polar surface area (TPSA) is 77.2 Å². The van der Waals surface area contributed by atoms with Crippen LogP contribution in [0.5, 0.6) is 5.75 Å². The van der Waals surface area contributed by atoms with Crippen molar-refractivity contribution in [2.24, 2.45) is 0 Å². The molecule has 21 heavy (non-hydrogen) atoms. The van der Waals surface area contributed by atoms with E-state index in [4.69, 9.17) is 9.84 Å². The minimum absolute atomic E-state index is 0.0194. The third-order valence-electron chi connectivity index (χ3n) is 3.24. The highest BCUT2D eigenvalue weighted by molar-refractivity contribution is 5.86. The number of aromatic nitrogens is 3. The van der Waals surface area contributed by atoms with Crippen LogP contribution in [0.3, 0.4) is 0 Å². The zero-order valence-electron chi connectivity index (χ0n) is 12.2. The Kier molecular flexibility index (Phi) is 4.92. The summed E-state index contributed by atoms with van der Waals surface area (Å²) >= 11 is 0. The Morgan fingerprint density at radius 3 is 2.57 bits per heavy atom. The first-order valence-electron chi connectivity index (χ1n) is 6.91. The first-order chi connectivity index (χ1) is 10.1. The van der Waals surface area contributed by atoms with E-state index in [9.17, 15) is 4.79 Å². The molecule has 0 saturated heterocycles. The molecule has 1 heterocycles. The third-order valence-corrected chi connectivity index (χ3v) is 3.24. The monoisotopic (exact) mass is 289 g/mol. The molecule has 6 nitrogen and oxygen atoms in total. The second kappa shape index (κ2) is 6.88. The van der Waals surface area contributed by atoms with Crippen molar-refractivity contribution >= 4 is 5.97 Å². The van der Waals surface area contributed by atoms with Crippen LogP contribution in [-0.4, -0.2) is 32.7 Å². The number of carboxylic acid groups (broad SMARTS) is 1.